The zero-order valence-electron chi connectivity index (χ0n) is 22.5. The molecule has 4 aromatic heterocycles. The van der Waals surface area contributed by atoms with Crippen LogP contribution in [0.4, 0.5) is 0 Å². The van der Waals surface area contributed by atoms with Gasteiger partial charge in [-0.3, -0.25) is 0 Å². The molecule has 0 spiro atoms. The average Bonchev–Trinajstić information content (AvgIpc) is 3.58. The monoisotopic (exact) mass is 585 g/mol. The van der Waals surface area contributed by atoms with Gasteiger partial charge in [-0.2, -0.15) is 0 Å². The van der Waals surface area contributed by atoms with E-state index in [1.54, 1.807) is 0 Å². The van der Waals surface area contributed by atoms with E-state index < -0.39 is 0 Å². The minimum Gasteiger partial charge on any atom is -0.456 e. The molecule has 0 atom stereocenters. The third-order valence-corrected chi connectivity index (χ3v) is 10.5. The van der Waals surface area contributed by atoms with Gasteiger partial charge in [-0.05, 0) is 41.1 Å². The zero-order chi connectivity index (χ0) is 28.1. The number of hydrogen-bond acceptors (Lipinski definition) is 6. The summed E-state index contributed by atoms with van der Waals surface area (Å²) in [6.45, 7) is 0. The fourth-order valence-corrected chi connectivity index (χ4v) is 8.92. The van der Waals surface area contributed by atoms with E-state index in [1.165, 1.54) is 51.1 Å². The summed E-state index contributed by atoms with van der Waals surface area (Å²) in [5.41, 5.74) is 4.79. The summed E-state index contributed by atoms with van der Waals surface area (Å²) in [6.07, 6.45) is 0. The van der Waals surface area contributed by atoms with Gasteiger partial charge < -0.3 is 4.42 Å². The maximum absolute atomic E-state index is 6.46. The summed E-state index contributed by atoms with van der Waals surface area (Å²) in [4.78, 5) is 15.0. The van der Waals surface area contributed by atoms with Crippen molar-refractivity contribution in [3.63, 3.8) is 0 Å². The second kappa shape index (κ2) is 8.67. The van der Waals surface area contributed by atoms with Crippen molar-refractivity contribution in [1.29, 1.82) is 0 Å². The van der Waals surface area contributed by atoms with E-state index in [-0.39, 0.29) is 0 Å². The lowest BCUT2D eigenvalue weighted by Gasteiger charge is -2.09. The third-order valence-electron chi connectivity index (χ3n) is 8.27. The van der Waals surface area contributed by atoms with Gasteiger partial charge in [0.1, 0.15) is 11.2 Å². The Hall–Kier alpha value is -5.17. The molecule has 6 heteroatoms. The number of hydrogen-bond donors (Lipinski definition) is 0. The van der Waals surface area contributed by atoms with E-state index in [0.29, 0.717) is 17.5 Å². The van der Waals surface area contributed by atoms with Gasteiger partial charge >= 0.3 is 0 Å². The SMILES string of the molecule is c1ccc(-c2nc(-c3ccccc3)nc(-c3cc4sc5ccc6oc7cc8ccccc8c8sc(c3)c4c5c6c78)n2)cc1. The van der Waals surface area contributed by atoms with Crippen LogP contribution >= 0.6 is 22.7 Å². The summed E-state index contributed by atoms with van der Waals surface area (Å²) in [5, 5.41) is 7.41. The van der Waals surface area contributed by atoms with Crippen molar-refractivity contribution in [3.8, 4) is 34.2 Å². The smallest absolute Gasteiger partial charge is 0.164 e. The van der Waals surface area contributed by atoms with Crippen molar-refractivity contribution in [2.75, 3.05) is 0 Å². The molecule has 0 amide bonds. The van der Waals surface area contributed by atoms with E-state index in [2.05, 4.69) is 54.6 Å². The maximum Gasteiger partial charge on any atom is 0.164 e. The molecule has 0 radical (unpaired) electrons. The molecule has 0 unspecified atom stereocenters. The Kier molecular flexibility index (Phi) is 4.72. The number of thiophene rings is 1. The van der Waals surface area contributed by atoms with Crippen molar-refractivity contribution in [3.05, 3.63) is 115 Å². The number of fused-ring (bicyclic) bond motifs is 2. The molecule has 0 aliphatic heterocycles. The topological polar surface area (TPSA) is 51.8 Å². The van der Waals surface area contributed by atoms with E-state index >= 15 is 0 Å². The molecule has 43 heavy (non-hydrogen) atoms. The summed E-state index contributed by atoms with van der Waals surface area (Å²) >= 11 is 3.65. The van der Waals surface area contributed by atoms with Gasteiger partial charge in [0.2, 0.25) is 0 Å². The predicted molar refractivity (Wildman–Crippen MR) is 180 cm³/mol. The van der Waals surface area contributed by atoms with E-state index in [9.17, 15) is 0 Å². The molecule has 4 heterocycles. The Morgan fingerprint density at radius 2 is 1.07 bits per heavy atom. The van der Waals surface area contributed by atoms with Crippen LogP contribution in [-0.2, 0) is 0 Å². The van der Waals surface area contributed by atoms with Crippen LogP contribution in [0.5, 0.6) is 0 Å². The van der Waals surface area contributed by atoms with Crippen LogP contribution in [0.1, 0.15) is 0 Å². The minimum atomic E-state index is 0.666. The molecule has 6 aromatic carbocycles. The fourth-order valence-electron chi connectivity index (χ4n) is 6.35. The summed E-state index contributed by atoms with van der Waals surface area (Å²) in [7, 11) is 0. The first kappa shape index (κ1) is 23.4. The Morgan fingerprint density at radius 3 is 1.79 bits per heavy atom. The van der Waals surface area contributed by atoms with Gasteiger partial charge in [0.25, 0.3) is 0 Å². The first-order valence-corrected chi connectivity index (χ1v) is 15.7. The van der Waals surface area contributed by atoms with Crippen molar-refractivity contribution in [2.45, 2.75) is 0 Å². The van der Waals surface area contributed by atoms with Crippen LogP contribution in [0.15, 0.2) is 120 Å². The van der Waals surface area contributed by atoms with Gasteiger partial charge in [-0.1, -0.05) is 84.9 Å². The molecule has 0 aliphatic rings. The number of furan rings is 1. The molecule has 0 saturated carbocycles. The highest BCUT2D eigenvalue weighted by atomic mass is 32.1. The Morgan fingerprint density at radius 1 is 0.442 bits per heavy atom. The number of rotatable bonds is 3. The maximum atomic E-state index is 6.46. The van der Waals surface area contributed by atoms with Crippen molar-refractivity contribution >= 4 is 85.0 Å². The van der Waals surface area contributed by atoms with E-state index in [4.69, 9.17) is 19.4 Å². The van der Waals surface area contributed by atoms with Crippen molar-refractivity contribution in [2.24, 2.45) is 0 Å². The lowest BCUT2D eigenvalue weighted by atomic mass is 10.0. The normalized spacial score (nSPS) is 12.2. The second-order valence-electron chi connectivity index (χ2n) is 10.8. The lowest BCUT2D eigenvalue weighted by molar-refractivity contribution is 0.670. The van der Waals surface area contributed by atoms with Crippen LogP contribution in [-0.4, -0.2) is 15.0 Å². The Labute approximate surface area is 252 Å². The molecular formula is C37H19N3OS2. The second-order valence-corrected chi connectivity index (χ2v) is 12.9. The van der Waals surface area contributed by atoms with Gasteiger partial charge in [0.15, 0.2) is 17.5 Å². The van der Waals surface area contributed by atoms with Crippen LogP contribution in [0.2, 0.25) is 0 Å². The molecule has 10 aromatic rings. The zero-order valence-corrected chi connectivity index (χ0v) is 24.2. The van der Waals surface area contributed by atoms with Crippen LogP contribution in [0, 0.1) is 0 Å². The van der Waals surface area contributed by atoms with Gasteiger partial charge in [-0.25, -0.2) is 15.0 Å². The van der Waals surface area contributed by atoms with Crippen LogP contribution < -0.4 is 0 Å². The summed E-state index contributed by atoms with van der Waals surface area (Å²) < 4.78 is 11.4. The standard InChI is InChI=1S/C37H19N3OS2/c1-3-9-20(10-4-1)35-38-36(21-11-5-2-6-12-21)40-37(39-35)23-18-28-32-29(19-23)43-34-24-14-8-7-13-22(24)17-26-31(34)30-25(41-26)15-16-27(42-28)33(30)32/h1-19H. The molecule has 0 N–H and O–H groups in total. The molecule has 0 saturated heterocycles. The largest absolute Gasteiger partial charge is 0.456 e. The quantitative estimate of drug-likeness (QED) is 0.207. The molecule has 0 aliphatic carbocycles. The number of nitrogens with zero attached hydrogens (tertiary/aromatic N) is 3. The highest BCUT2D eigenvalue weighted by Gasteiger charge is 2.22. The van der Waals surface area contributed by atoms with Gasteiger partial charge in [0.05, 0.1) is 0 Å². The predicted octanol–water partition coefficient (Wildman–Crippen LogP) is 10.9. The highest BCUT2D eigenvalue weighted by Crippen LogP contribution is 2.50. The number of aromatic nitrogens is 3. The van der Waals surface area contributed by atoms with Crippen molar-refractivity contribution < 1.29 is 4.42 Å². The van der Waals surface area contributed by atoms with Gasteiger partial charge in [0, 0.05) is 57.0 Å². The molecular weight excluding hydrogens is 567 g/mol. The third kappa shape index (κ3) is 3.39. The highest BCUT2D eigenvalue weighted by molar-refractivity contribution is 7.29. The van der Waals surface area contributed by atoms with E-state index in [1.807, 2.05) is 83.3 Å². The average molecular weight is 586 g/mol. The first-order chi connectivity index (χ1) is 21.3. The van der Waals surface area contributed by atoms with Crippen LogP contribution in [0.25, 0.3) is 96.4 Å². The Balaban J connectivity index is 1.33. The van der Waals surface area contributed by atoms with Gasteiger partial charge in [-0.15, -0.1) is 22.7 Å². The molecule has 200 valence electrons. The first-order valence-electron chi connectivity index (χ1n) is 14.1. The molecule has 0 fully saturated rings. The molecule has 10 rings (SSSR count). The van der Waals surface area contributed by atoms with E-state index in [0.717, 1.165) is 27.9 Å². The number of benzene rings is 6. The molecule has 4 nitrogen and oxygen atoms in total. The Bertz CT molecular complexity index is 2610. The lowest BCUT2D eigenvalue weighted by Crippen LogP contribution is -2.00. The van der Waals surface area contributed by atoms with Crippen LogP contribution in [0.3, 0.4) is 0 Å². The summed E-state index contributed by atoms with van der Waals surface area (Å²) in [6, 6.07) is 39.9. The van der Waals surface area contributed by atoms with Crippen molar-refractivity contribution in [1.82, 2.24) is 15.0 Å². The fraction of sp³-hybridized carbons (Fsp3) is 0. The minimum absolute atomic E-state index is 0.666. The molecule has 0 bridgehead atoms. The summed E-state index contributed by atoms with van der Waals surface area (Å²) in [5.74, 6) is 2.00.